The van der Waals surface area contributed by atoms with Crippen molar-refractivity contribution >= 4 is 21.9 Å². The third-order valence-corrected chi connectivity index (χ3v) is 3.78. The van der Waals surface area contributed by atoms with Crippen LogP contribution in [0.25, 0.3) is 0 Å². The van der Waals surface area contributed by atoms with Crippen molar-refractivity contribution in [3.63, 3.8) is 0 Å². The average molecular weight is 317 g/mol. The summed E-state index contributed by atoms with van der Waals surface area (Å²) >= 11 is 3.33. The Bertz CT molecular complexity index is 483. The molecule has 0 aromatic heterocycles. The van der Waals surface area contributed by atoms with Crippen molar-refractivity contribution < 1.29 is 19.0 Å². The van der Waals surface area contributed by atoms with Gasteiger partial charge in [0, 0.05) is 22.6 Å². The van der Waals surface area contributed by atoms with Crippen molar-refractivity contribution in [1.82, 2.24) is 0 Å². The molecular weight excluding hydrogens is 303 g/mol. The summed E-state index contributed by atoms with van der Waals surface area (Å²) in [4.78, 5) is 10.9. The van der Waals surface area contributed by atoms with E-state index in [9.17, 15) is 9.18 Å². The normalized spacial score (nSPS) is 16.6. The Labute approximate surface area is 113 Å². The summed E-state index contributed by atoms with van der Waals surface area (Å²) < 4.78 is 20.0. The van der Waals surface area contributed by atoms with Gasteiger partial charge >= 0.3 is 5.97 Å². The van der Waals surface area contributed by atoms with Crippen molar-refractivity contribution in [3.8, 4) is 0 Å². The van der Waals surface area contributed by atoms with Crippen LogP contribution in [-0.2, 0) is 21.6 Å². The van der Waals surface area contributed by atoms with Gasteiger partial charge in [-0.25, -0.2) is 4.39 Å². The van der Waals surface area contributed by atoms with Gasteiger partial charge in [-0.1, -0.05) is 15.9 Å². The second-order valence-corrected chi connectivity index (χ2v) is 5.63. The fraction of sp³-hybridized carbons (Fsp3) is 0.462. The first kappa shape index (κ1) is 13.5. The summed E-state index contributed by atoms with van der Waals surface area (Å²) in [5.41, 5.74) is 0.423. The Morgan fingerprint density at radius 2 is 2.22 bits per heavy atom. The number of aliphatic carboxylic acids is 1. The molecule has 3 nitrogen and oxygen atoms in total. The molecule has 1 aromatic carbocycles. The van der Waals surface area contributed by atoms with E-state index in [1.165, 1.54) is 7.11 Å². The lowest BCUT2D eigenvalue weighted by molar-refractivity contribution is -0.137. The number of ether oxygens (including phenoxy) is 1. The van der Waals surface area contributed by atoms with Gasteiger partial charge in [0.2, 0.25) is 0 Å². The maximum Gasteiger partial charge on any atom is 0.304 e. The topological polar surface area (TPSA) is 46.5 Å². The van der Waals surface area contributed by atoms with Crippen LogP contribution in [0.1, 0.15) is 30.4 Å². The number of carbonyl (C=O) groups is 1. The minimum atomic E-state index is -0.889. The second-order valence-electron chi connectivity index (χ2n) is 4.71. The van der Waals surface area contributed by atoms with Crippen molar-refractivity contribution in [2.45, 2.75) is 31.3 Å². The van der Waals surface area contributed by atoms with Gasteiger partial charge < -0.3 is 9.84 Å². The second kappa shape index (κ2) is 4.97. The fourth-order valence-electron chi connectivity index (χ4n) is 2.27. The van der Waals surface area contributed by atoms with Gasteiger partial charge in [-0.05, 0) is 30.5 Å². The van der Waals surface area contributed by atoms with Gasteiger partial charge in [-0.15, -0.1) is 0 Å². The largest absolute Gasteiger partial charge is 0.481 e. The number of hydrogen-bond donors (Lipinski definition) is 1. The molecule has 0 spiro atoms. The van der Waals surface area contributed by atoms with E-state index in [1.807, 2.05) is 0 Å². The summed E-state index contributed by atoms with van der Waals surface area (Å²) in [6.45, 7) is 0.182. The predicted octanol–water partition coefficient (Wildman–Crippen LogP) is 3.24. The minimum absolute atomic E-state index is 0.0210. The number of rotatable bonds is 5. The number of hydrogen-bond acceptors (Lipinski definition) is 2. The molecule has 0 atom stereocenters. The number of halogens is 2. The number of carboxylic acids is 1. The maximum atomic E-state index is 14.3. The molecule has 1 aliphatic rings. The van der Waals surface area contributed by atoms with Gasteiger partial charge in [-0.3, -0.25) is 4.79 Å². The molecule has 0 heterocycles. The molecule has 1 aliphatic carbocycles. The van der Waals surface area contributed by atoms with E-state index in [0.29, 0.717) is 11.1 Å². The molecule has 1 saturated carbocycles. The zero-order chi connectivity index (χ0) is 13.3. The molecule has 0 amide bonds. The van der Waals surface area contributed by atoms with E-state index in [1.54, 1.807) is 12.1 Å². The number of carboxylic acid groups (broad SMARTS) is 1. The molecule has 1 aromatic rings. The van der Waals surface area contributed by atoms with Gasteiger partial charge in [0.15, 0.2) is 0 Å². The van der Waals surface area contributed by atoms with E-state index in [4.69, 9.17) is 9.84 Å². The summed E-state index contributed by atoms with van der Waals surface area (Å²) in [6.07, 6.45) is 1.42. The van der Waals surface area contributed by atoms with Gasteiger partial charge in [0.25, 0.3) is 0 Å². The van der Waals surface area contributed by atoms with Gasteiger partial charge in [-0.2, -0.15) is 0 Å². The number of methoxy groups -OCH3 is 1. The summed E-state index contributed by atoms with van der Waals surface area (Å²) in [5, 5.41) is 8.92. The van der Waals surface area contributed by atoms with Crippen molar-refractivity contribution in [2.75, 3.05) is 7.11 Å². The van der Waals surface area contributed by atoms with E-state index in [-0.39, 0.29) is 18.8 Å². The lowest BCUT2D eigenvalue weighted by atomic mass is 9.90. The zero-order valence-corrected chi connectivity index (χ0v) is 11.6. The first-order valence-corrected chi connectivity index (χ1v) is 6.47. The molecule has 1 fully saturated rings. The average Bonchev–Trinajstić information content (AvgIpc) is 3.03. The van der Waals surface area contributed by atoms with Gasteiger partial charge in [0.1, 0.15) is 5.82 Å². The van der Waals surface area contributed by atoms with Gasteiger partial charge in [0.05, 0.1) is 13.0 Å². The minimum Gasteiger partial charge on any atom is -0.481 e. The Morgan fingerprint density at radius 3 is 2.72 bits per heavy atom. The molecule has 0 saturated heterocycles. The number of benzene rings is 1. The van der Waals surface area contributed by atoms with Crippen LogP contribution in [0, 0.1) is 5.82 Å². The Hall–Kier alpha value is -0.940. The molecular formula is C13H14BrFO3. The monoisotopic (exact) mass is 316 g/mol. The van der Waals surface area contributed by atoms with E-state index >= 15 is 0 Å². The summed E-state index contributed by atoms with van der Waals surface area (Å²) in [6, 6.07) is 3.35. The van der Waals surface area contributed by atoms with Crippen LogP contribution in [0.2, 0.25) is 0 Å². The zero-order valence-electron chi connectivity index (χ0n) is 10.0. The Balaban J connectivity index is 2.41. The highest BCUT2D eigenvalue weighted by Gasteiger charge is 2.48. The molecule has 5 heteroatoms. The molecule has 98 valence electrons. The fourth-order valence-corrected chi connectivity index (χ4v) is 2.78. The van der Waals surface area contributed by atoms with Crippen LogP contribution in [0.4, 0.5) is 4.39 Å². The molecule has 1 N–H and O–H groups in total. The summed E-state index contributed by atoms with van der Waals surface area (Å²) in [7, 11) is 1.50. The standard InChI is InChI=1S/C13H14BrFO3/c1-18-7-8-4-9(14)5-10(12(8)15)13(2-3-13)6-11(16)17/h4-5H,2-3,6-7H2,1H3,(H,16,17). The lowest BCUT2D eigenvalue weighted by Crippen LogP contribution is -2.16. The van der Waals surface area contributed by atoms with Crippen LogP contribution in [0.15, 0.2) is 16.6 Å². The van der Waals surface area contributed by atoms with E-state index in [0.717, 1.165) is 17.3 Å². The third kappa shape index (κ3) is 2.57. The predicted molar refractivity (Wildman–Crippen MR) is 68.0 cm³/mol. The Kier molecular flexibility index (Phi) is 3.73. The van der Waals surface area contributed by atoms with E-state index < -0.39 is 11.4 Å². The molecule has 0 bridgehead atoms. The molecule has 0 aliphatic heterocycles. The van der Waals surface area contributed by atoms with Crippen LogP contribution >= 0.6 is 15.9 Å². The summed E-state index contributed by atoms with van der Waals surface area (Å²) in [5.74, 6) is -1.22. The van der Waals surface area contributed by atoms with Crippen LogP contribution < -0.4 is 0 Å². The highest BCUT2D eigenvalue weighted by Crippen LogP contribution is 2.52. The SMILES string of the molecule is COCc1cc(Br)cc(C2(CC(=O)O)CC2)c1F. The van der Waals surface area contributed by atoms with Crippen LogP contribution in [-0.4, -0.2) is 18.2 Å². The molecule has 0 radical (unpaired) electrons. The molecule has 0 unspecified atom stereocenters. The quantitative estimate of drug-likeness (QED) is 0.907. The highest BCUT2D eigenvalue weighted by atomic mass is 79.9. The van der Waals surface area contributed by atoms with Crippen molar-refractivity contribution in [1.29, 1.82) is 0 Å². The molecule has 2 rings (SSSR count). The lowest BCUT2D eigenvalue weighted by Gasteiger charge is -2.17. The molecule has 18 heavy (non-hydrogen) atoms. The van der Waals surface area contributed by atoms with Crippen molar-refractivity contribution in [3.05, 3.63) is 33.5 Å². The van der Waals surface area contributed by atoms with Crippen LogP contribution in [0.3, 0.4) is 0 Å². The van der Waals surface area contributed by atoms with Crippen molar-refractivity contribution in [2.24, 2.45) is 0 Å². The van der Waals surface area contributed by atoms with E-state index in [2.05, 4.69) is 15.9 Å². The first-order chi connectivity index (χ1) is 8.48. The third-order valence-electron chi connectivity index (χ3n) is 3.33. The Morgan fingerprint density at radius 1 is 1.56 bits per heavy atom. The first-order valence-electron chi connectivity index (χ1n) is 5.68. The maximum absolute atomic E-state index is 14.3. The van der Waals surface area contributed by atoms with Crippen LogP contribution in [0.5, 0.6) is 0 Å². The highest BCUT2D eigenvalue weighted by molar-refractivity contribution is 9.10. The smallest absolute Gasteiger partial charge is 0.304 e.